The maximum atomic E-state index is 12.4. The van der Waals surface area contributed by atoms with Gasteiger partial charge in [-0.05, 0) is 37.6 Å². The van der Waals surface area contributed by atoms with Crippen LogP contribution in [0, 0.1) is 6.92 Å². The van der Waals surface area contributed by atoms with Crippen molar-refractivity contribution in [2.45, 2.75) is 31.6 Å². The standard InChI is InChI=1S/C18H24N2O4S/c1-4-24-18(21)13-16-10-9-15(20(16)3)11-12-19-25(22,23)17-8-6-5-7-14(17)2/h5-10,19H,4,11-13H2,1-3H3. The van der Waals surface area contributed by atoms with Gasteiger partial charge < -0.3 is 9.30 Å². The molecule has 0 spiro atoms. The van der Waals surface area contributed by atoms with Gasteiger partial charge in [-0.2, -0.15) is 0 Å². The third-order valence-electron chi connectivity index (χ3n) is 4.02. The average Bonchev–Trinajstić information content (AvgIpc) is 2.88. The highest BCUT2D eigenvalue weighted by atomic mass is 32.2. The van der Waals surface area contributed by atoms with Gasteiger partial charge in [0.25, 0.3) is 0 Å². The summed E-state index contributed by atoms with van der Waals surface area (Å²) in [4.78, 5) is 11.9. The third kappa shape index (κ3) is 4.93. The Labute approximate surface area is 148 Å². The van der Waals surface area contributed by atoms with Crippen LogP contribution in [-0.2, 0) is 39.4 Å². The number of carbonyl (C=O) groups is 1. The van der Waals surface area contributed by atoms with Gasteiger partial charge in [0.05, 0.1) is 17.9 Å². The number of rotatable bonds is 8. The van der Waals surface area contributed by atoms with Crippen LogP contribution in [-0.4, -0.2) is 32.1 Å². The lowest BCUT2D eigenvalue weighted by molar-refractivity contribution is -0.142. The van der Waals surface area contributed by atoms with Crippen LogP contribution < -0.4 is 4.72 Å². The molecule has 0 radical (unpaired) electrons. The van der Waals surface area contributed by atoms with Gasteiger partial charge in [0, 0.05) is 31.4 Å². The SMILES string of the molecule is CCOC(=O)Cc1ccc(CCNS(=O)(=O)c2ccccc2C)n1C. The summed E-state index contributed by atoms with van der Waals surface area (Å²) in [6.45, 7) is 4.19. The molecule has 25 heavy (non-hydrogen) atoms. The molecule has 6 nitrogen and oxygen atoms in total. The predicted octanol–water partition coefficient (Wildman–Crippen LogP) is 1.96. The molecule has 0 aliphatic carbocycles. The molecule has 1 N–H and O–H groups in total. The van der Waals surface area contributed by atoms with Gasteiger partial charge in [0.1, 0.15) is 0 Å². The number of aromatic nitrogens is 1. The van der Waals surface area contributed by atoms with Crippen LogP contribution in [0.5, 0.6) is 0 Å². The minimum absolute atomic E-state index is 0.208. The van der Waals surface area contributed by atoms with Crippen molar-refractivity contribution in [1.29, 1.82) is 0 Å². The molecule has 2 aromatic rings. The van der Waals surface area contributed by atoms with Crippen molar-refractivity contribution < 1.29 is 17.9 Å². The van der Waals surface area contributed by atoms with Crippen molar-refractivity contribution in [2.75, 3.05) is 13.2 Å². The first kappa shape index (κ1) is 19.2. The molecule has 136 valence electrons. The smallest absolute Gasteiger partial charge is 0.311 e. The Balaban J connectivity index is 1.97. The lowest BCUT2D eigenvalue weighted by atomic mass is 10.2. The molecule has 0 aliphatic heterocycles. The number of sulfonamides is 1. The molecule has 1 aromatic heterocycles. The average molecular weight is 364 g/mol. The maximum Gasteiger partial charge on any atom is 0.311 e. The summed E-state index contributed by atoms with van der Waals surface area (Å²) in [6, 6.07) is 10.6. The van der Waals surface area contributed by atoms with Crippen LogP contribution in [0.25, 0.3) is 0 Å². The highest BCUT2D eigenvalue weighted by Crippen LogP contribution is 2.14. The van der Waals surface area contributed by atoms with Crippen LogP contribution in [0.15, 0.2) is 41.3 Å². The summed E-state index contributed by atoms with van der Waals surface area (Å²) in [6.07, 6.45) is 0.740. The zero-order valence-electron chi connectivity index (χ0n) is 14.8. The predicted molar refractivity (Wildman–Crippen MR) is 95.8 cm³/mol. The van der Waals surface area contributed by atoms with Gasteiger partial charge in [-0.15, -0.1) is 0 Å². The first-order valence-electron chi connectivity index (χ1n) is 8.19. The quantitative estimate of drug-likeness (QED) is 0.727. The van der Waals surface area contributed by atoms with Gasteiger partial charge in [-0.1, -0.05) is 18.2 Å². The van der Waals surface area contributed by atoms with E-state index in [1.165, 1.54) is 0 Å². The summed E-state index contributed by atoms with van der Waals surface area (Å²) in [5, 5.41) is 0. The van der Waals surface area contributed by atoms with E-state index in [4.69, 9.17) is 4.74 Å². The third-order valence-corrected chi connectivity index (χ3v) is 5.64. The van der Waals surface area contributed by atoms with Crippen LogP contribution in [0.2, 0.25) is 0 Å². The van der Waals surface area contributed by atoms with E-state index in [-0.39, 0.29) is 18.9 Å². The molecule has 0 unspecified atom stereocenters. The van der Waals surface area contributed by atoms with Crippen molar-refractivity contribution in [3.63, 3.8) is 0 Å². The normalized spacial score (nSPS) is 11.5. The van der Waals surface area contributed by atoms with Crippen LogP contribution >= 0.6 is 0 Å². The van der Waals surface area contributed by atoms with Gasteiger partial charge in [0.15, 0.2) is 0 Å². The van der Waals surface area contributed by atoms with Crippen LogP contribution in [0.3, 0.4) is 0 Å². The second-order valence-electron chi connectivity index (χ2n) is 5.77. The molecule has 0 amide bonds. The molecule has 0 saturated heterocycles. The number of hydrogen-bond donors (Lipinski definition) is 1. The van der Waals surface area contributed by atoms with Crippen molar-refractivity contribution in [1.82, 2.24) is 9.29 Å². The Kier molecular flexibility index (Phi) is 6.39. The Bertz CT molecular complexity index is 841. The van der Waals surface area contributed by atoms with E-state index < -0.39 is 10.0 Å². The summed E-state index contributed by atoms with van der Waals surface area (Å²) in [5.41, 5.74) is 2.51. The fourth-order valence-corrected chi connectivity index (χ4v) is 3.91. The highest BCUT2D eigenvalue weighted by molar-refractivity contribution is 7.89. The fraction of sp³-hybridized carbons (Fsp3) is 0.389. The lowest BCUT2D eigenvalue weighted by Gasteiger charge is -2.10. The van der Waals surface area contributed by atoms with E-state index in [0.717, 1.165) is 11.4 Å². The van der Waals surface area contributed by atoms with Crippen molar-refractivity contribution in [3.05, 3.63) is 53.3 Å². The van der Waals surface area contributed by atoms with E-state index in [9.17, 15) is 13.2 Å². The summed E-state index contributed by atoms with van der Waals surface area (Å²) >= 11 is 0. The van der Waals surface area contributed by atoms with E-state index in [1.807, 2.05) is 29.8 Å². The monoisotopic (exact) mass is 364 g/mol. The van der Waals surface area contributed by atoms with Crippen LogP contribution in [0.4, 0.5) is 0 Å². The second kappa shape index (κ2) is 8.31. The molecule has 0 bridgehead atoms. The topological polar surface area (TPSA) is 77.4 Å². The Morgan fingerprint density at radius 1 is 1.16 bits per heavy atom. The number of carbonyl (C=O) groups excluding carboxylic acids is 1. The minimum atomic E-state index is -3.53. The van der Waals surface area contributed by atoms with Gasteiger partial charge in [-0.25, -0.2) is 13.1 Å². The Hall–Kier alpha value is -2.12. The summed E-state index contributed by atoms with van der Waals surface area (Å²) in [7, 11) is -1.67. The van der Waals surface area contributed by atoms with Gasteiger partial charge >= 0.3 is 5.97 Å². The molecular weight excluding hydrogens is 340 g/mol. The Morgan fingerprint density at radius 3 is 2.52 bits per heavy atom. The zero-order chi connectivity index (χ0) is 18.4. The molecule has 0 fully saturated rings. The molecule has 0 saturated carbocycles. The number of hydrogen-bond acceptors (Lipinski definition) is 4. The lowest BCUT2D eigenvalue weighted by Crippen LogP contribution is -2.27. The highest BCUT2D eigenvalue weighted by Gasteiger charge is 2.16. The number of aryl methyl sites for hydroxylation is 1. The largest absolute Gasteiger partial charge is 0.466 e. The van der Waals surface area contributed by atoms with Crippen molar-refractivity contribution in [2.24, 2.45) is 7.05 Å². The second-order valence-corrected chi connectivity index (χ2v) is 7.51. The van der Waals surface area contributed by atoms with Crippen LogP contribution in [0.1, 0.15) is 23.9 Å². The van der Waals surface area contributed by atoms with Crippen molar-refractivity contribution in [3.8, 4) is 0 Å². The maximum absolute atomic E-state index is 12.4. The van der Waals surface area contributed by atoms with E-state index in [0.29, 0.717) is 23.5 Å². The molecule has 0 atom stereocenters. The fourth-order valence-electron chi connectivity index (χ4n) is 2.64. The molecule has 2 rings (SSSR count). The van der Waals surface area contributed by atoms with Crippen molar-refractivity contribution >= 4 is 16.0 Å². The van der Waals surface area contributed by atoms with E-state index in [2.05, 4.69) is 4.72 Å². The molecule has 0 aliphatic rings. The number of benzene rings is 1. The molecule has 1 aromatic carbocycles. The molecule has 1 heterocycles. The first-order chi connectivity index (χ1) is 11.8. The number of ether oxygens (including phenoxy) is 1. The number of nitrogens with zero attached hydrogens (tertiary/aromatic N) is 1. The van der Waals surface area contributed by atoms with E-state index >= 15 is 0 Å². The first-order valence-corrected chi connectivity index (χ1v) is 9.68. The van der Waals surface area contributed by atoms with E-state index in [1.54, 1.807) is 32.0 Å². The molecule has 7 heteroatoms. The van der Waals surface area contributed by atoms with Gasteiger partial charge in [-0.3, -0.25) is 4.79 Å². The molecular formula is C18H24N2O4S. The number of nitrogens with one attached hydrogen (secondary N) is 1. The summed E-state index contributed by atoms with van der Waals surface area (Å²) < 4.78 is 34.2. The Morgan fingerprint density at radius 2 is 1.84 bits per heavy atom. The van der Waals surface area contributed by atoms with Gasteiger partial charge in [0.2, 0.25) is 10.0 Å². The zero-order valence-corrected chi connectivity index (χ0v) is 15.6. The number of esters is 1. The minimum Gasteiger partial charge on any atom is -0.466 e. The summed E-state index contributed by atoms with van der Waals surface area (Å²) in [5.74, 6) is -0.268.